The number of hydrogen-bond acceptors (Lipinski definition) is 4. The number of halogens is 2. The average molecular weight is 438 g/mol. The number of amides is 3. The molecule has 0 aliphatic heterocycles. The molecular weight excluding hydrogens is 421 g/mol. The average Bonchev–Trinajstić information content (AvgIpc) is 2.66. The number of rotatable bonds is 6. The number of hydrazine groups is 1. The Morgan fingerprint density at radius 2 is 1.67 bits per heavy atom. The molecule has 0 aliphatic rings. The lowest BCUT2D eigenvalue weighted by molar-refractivity contribution is -0.132. The van der Waals surface area contributed by atoms with Gasteiger partial charge in [0.1, 0.15) is 11.6 Å². The van der Waals surface area contributed by atoms with Crippen molar-refractivity contribution in [2.24, 2.45) is 0 Å². The second-order valence-corrected chi connectivity index (χ2v) is 6.36. The van der Waals surface area contributed by atoms with E-state index < -0.39 is 29.6 Å². The smallest absolute Gasteiger partial charge is 0.279 e. The molecule has 27 heavy (non-hydrogen) atoms. The molecule has 3 N–H and O–H groups in total. The number of carbonyl (C=O) groups is 3. The molecule has 1 unspecified atom stereocenters. The Balaban J connectivity index is 1.72. The van der Waals surface area contributed by atoms with E-state index in [-0.39, 0.29) is 6.54 Å². The van der Waals surface area contributed by atoms with Gasteiger partial charge in [-0.05, 0) is 55.5 Å². The molecular formula is C18H17BrFN3O4. The zero-order chi connectivity index (χ0) is 19.8. The van der Waals surface area contributed by atoms with E-state index in [4.69, 9.17) is 4.74 Å². The van der Waals surface area contributed by atoms with E-state index >= 15 is 0 Å². The molecule has 0 heterocycles. The fraction of sp³-hybridized carbons (Fsp3) is 0.167. The molecule has 3 amide bonds. The van der Waals surface area contributed by atoms with E-state index in [2.05, 4.69) is 32.1 Å². The Morgan fingerprint density at radius 1 is 1.04 bits per heavy atom. The second-order valence-electron chi connectivity index (χ2n) is 5.44. The molecule has 9 heteroatoms. The second kappa shape index (κ2) is 9.67. The van der Waals surface area contributed by atoms with Crippen molar-refractivity contribution in [3.8, 4) is 5.75 Å². The molecule has 0 fully saturated rings. The van der Waals surface area contributed by atoms with Crippen LogP contribution in [0.4, 0.5) is 4.39 Å². The summed E-state index contributed by atoms with van der Waals surface area (Å²) >= 11 is 3.26. The van der Waals surface area contributed by atoms with Gasteiger partial charge in [-0.1, -0.05) is 15.9 Å². The maximum atomic E-state index is 12.8. The first-order valence-electron chi connectivity index (χ1n) is 7.90. The van der Waals surface area contributed by atoms with Crippen LogP contribution in [0.3, 0.4) is 0 Å². The quantitative estimate of drug-likeness (QED) is 0.601. The largest absolute Gasteiger partial charge is 0.481 e. The highest BCUT2D eigenvalue weighted by molar-refractivity contribution is 9.10. The molecule has 2 aromatic carbocycles. The minimum Gasteiger partial charge on any atom is -0.481 e. The first-order chi connectivity index (χ1) is 12.8. The van der Waals surface area contributed by atoms with Crippen LogP contribution in [0.2, 0.25) is 0 Å². The van der Waals surface area contributed by atoms with E-state index in [1.165, 1.54) is 31.2 Å². The zero-order valence-corrected chi connectivity index (χ0v) is 15.9. The number of benzene rings is 2. The van der Waals surface area contributed by atoms with Crippen molar-refractivity contribution in [3.05, 3.63) is 64.4 Å². The Hall–Kier alpha value is -2.94. The van der Waals surface area contributed by atoms with E-state index in [1.54, 1.807) is 24.3 Å². The first-order valence-corrected chi connectivity index (χ1v) is 8.69. The molecule has 0 spiro atoms. The maximum Gasteiger partial charge on any atom is 0.279 e. The van der Waals surface area contributed by atoms with Gasteiger partial charge in [-0.15, -0.1) is 0 Å². The summed E-state index contributed by atoms with van der Waals surface area (Å²) in [5.41, 5.74) is 4.76. The third-order valence-electron chi connectivity index (χ3n) is 3.34. The Kier molecular flexibility index (Phi) is 7.30. The normalized spacial score (nSPS) is 11.2. The molecule has 0 saturated carbocycles. The molecule has 0 saturated heterocycles. The van der Waals surface area contributed by atoms with Crippen LogP contribution in [-0.4, -0.2) is 30.4 Å². The SMILES string of the molecule is CC(Oc1ccc(F)cc1)C(=O)NNC(=O)CNC(=O)c1ccc(Br)cc1. The van der Waals surface area contributed by atoms with Gasteiger partial charge >= 0.3 is 0 Å². The van der Waals surface area contributed by atoms with E-state index in [9.17, 15) is 18.8 Å². The van der Waals surface area contributed by atoms with Crippen molar-refractivity contribution in [2.75, 3.05) is 6.54 Å². The fourth-order valence-electron chi connectivity index (χ4n) is 1.91. The van der Waals surface area contributed by atoms with Crippen molar-refractivity contribution in [3.63, 3.8) is 0 Å². The highest BCUT2D eigenvalue weighted by Crippen LogP contribution is 2.13. The molecule has 7 nitrogen and oxygen atoms in total. The van der Waals surface area contributed by atoms with Crippen LogP contribution in [0, 0.1) is 5.82 Å². The van der Waals surface area contributed by atoms with E-state index in [0.29, 0.717) is 11.3 Å². The highest BCUT2D eigenvalue weighted by Gasteiger charge is 2.16. The number of ether oxygens (including phenoxy) is 1. The number of nitrogens with one attached hydrogen (secondary N) is 3. The van der Waals surface area contributed by atoms with Gasteiger partial charge < -0.3 is 10.1 Å². The van der Waals surface area contributed by atoms with Crippen molar-refractivity contribution in [2.45, 2.75) is 13.0 Å². The summed E-state index contributed by atoms with van der Waals surface area (Å²) < 4.78 is 19.0. The zero-order valence-electron chi connectivity index (χ0n) is 14.3. The topological polar surface area (TPSA) is 96.5 Å². The number of hydrogen-bond donors (Lipinski definition) is 3. The van der Waals surface area contributed by atoms with Gasteiger partial charge in [-0.25, -0.2) is 4.39 Å². The van der Waals surface area contributed by atoms with Crippen LogP contribution in [0.15, 0.2) is 53.0 Å². The Bertz CT molecular complexity index is 812. The van der Waals surface area contributed by atoms with Gasteiger partial charge in [0, 0.05) is 10.0 Å². The van der Waals surface area contributed by atoms with Crippen LogP contribution in [0.25, 0.3) is 0 Å². The van der Waals surface area contributed by atoms with Gasteiger partial charge in [0.15, 0.2) is 6.10 Å². The Morgan fingerprint density at radius 3 is 2.30 bits per heavy atom. The lowest BCUT2D eigenvalue weighted by atomic mass is 10.2. The lowest BCUT2D eigenvalue weighted by Crippen LogP contribution is -2.50. The van der Waals surface area contributed by atoms with Crippen LogP contribution >= 0.6 is 15.9 Å². The van der Waals surface area contributed by atoms with Gasteiger partial charge in [0.25, 0.3) is 17.7 Å². The molecule has 2 rings (SSSR count). The summed E-state index contributed by atoms with van der Waals surface area (Å²) in [5.74, 6) is -1.74. The summed E-state index contributed by atoms with van der Waals surface area (Å²) in [4.78, 5) is 35.5. The summed E-state index contributed by atoms with van der Waals surface area (Å²) in [5, 5.41) is 2.43. The molecule has 2 aromatic rings. The van der Waals surface area contributed by atoms with Crippen LogP contribution in [0.1, 0.15) is 17.3 Å². The molecule has 0 bridgehead atoms. The van der Waals surface area contributed by atoms with Gasteiger partial charge in [0.2, 0.25) is 0 Å². The van der Waals surface area contributed by atoms with Crippen molar-refractivity contribution in [1.82, 2.24) is 16.2 Å². The van der Waals surface area contributed by atoms with Gasteiger partial charge in [-0.2, -0.15) is 0 Å². The summed E-state index contributed by atoms with van der Waals surface area (Å²) in [6.45, 7) is 1.16. The summed E-state index contributed by atoms with van der Waals surface area (Å²) in [6.07, 6.45) is -0.923. The standard InChI is InChI=1S/C18H17BrFN3O4/c1-11(27-15-8-6-14(20)7-9-15)17(25)23-22-16(24)10-21-18(26)12-2-4-13(19)5-3-12/h2-9,11H,10H2,1H3,(H,21,26)(H,22,24)(H,23,25). The summed E-state index contributed by atoms with van der Waals surface area (Å²) in [7, 11) is 0. The van der Waals surface area contributed by atoms with Crippen molar-refractivity contribution >= 4 is 33.7 Å². The van der Waals surface area contributed by atoms with Crippen LogP contribution in [0.5, 0.6) is 5.75 Å². The van der Waals surface area contributed by atoms with Crippen molar-refractivity contribution in [1.29, 1.82) is 0 Å². The molecule has 142 valence electrons. The molecule has 0 aliphatic carbocycles. The Labute approximate surface area is 163 Å². The van der Waals surface area contributed by atoms with Gasteiger partial charge in [0.05, 0.1) is 6.54 Å². The molecule has 0 aromatic heterocycles. The monoisotopic (exact) mass is 437 g/mol. The first kappa shape index (κ1) is 20.4. The predicted molar refractivity (Wildman–Crippen MR) is 99.3 cm³/mol. The van der Waals surface area contributed by atoms with E-state index in [1.807, 2.05) is 0 Å². The highest BCUT2D eigenvalue weighted by atomic mass is 79.9. The number of carbonyl (C=O) groups excluding carboxylic acids is 3. The third-order valence-corrected chi connectivity index (χ3v) is 3.87. The van der Waals surface area contributed by atoms with E-state index in [0.717, 1.165) is 4.47 Å². The van der Waals surface area contributed by atoms with Crippen molar-refractivity contribution < 1.29 is 23.5 Å². The third kappa shape index (κ3) is 6.70. The maximum absolute atomic E-state index is 12.8. The lowest BCUT2D eigenvalue weighted by Gasteiger charge is -2.15. The fourth-order valence-corrected chi connectivity index (χ4v) is 2.18. The minimum absolute atomic E-state index is 0.312. The molecule has 0 radical (unpaired) electrons. The summed E-state index contributed by atoms with van der Waals surface area (Å²) in [6, 6.07) is 11.8. The van der Waals surface area contributed by atoms with Crippen LogP contribution < -0.4 is 20.9 Å². The minimum atomic E-state index is -0.923. The van der Waals surface area contributed by atoms with Gasteiger partial charge in [-0.3, -0.25) is 25.2 Å². The predicted octanol–water partition coefficient (Wildman–Crippen LogP) is 1.93. The molecule has 1 atom stereocenters. The van der Waals surface area contributed by atoms with Crippen LogP contribution in [-0.2, 0) is 9.59 Å².